The maximum Gasteiger partial charge on any atom is 0.240 e. The van der Waals surface area contributed by atoms with Crippen molar-refractivity contribution in [3.05, 3.63) is 29.8 Å². The molecule has 0 aromatic heterocycles. The van der Waals surface area contributed by atoms with Crippen molar-refractivity contribution in [1.29, 1.82) is 0 Å². The number of hydrogen-bond donors (Lipinski definition) is 4. The third-order valence-corrected chi connectivity index (χ3v) is 11.6. The van der Waals surface area contributed by atoms with Crippen molar-refractivity contribution in [2.45, 2.75) is 97.2 Å². The van der Waals surface area contributed by atoms with Crippen molar-refractivity contribution in [2.24, 2.45) is 51.4 Å². The monoisotopic (exact) mass is 510 g/mol. The first kappa shape index (κ1) is 26.7. The van der Waals surface area contributed by atoms with E-state index in [9.17, 15) is 20.1 Å². The van der Waals surface area contributed by atoms with E-state index in [2.05, 4.69) is 31.3 Å². The molecule has 4 N–H and O–H groups in total. The number of carbonyl (C=O) groups is 1. The van der Waals surface area contributed by atoms with Crippen LogP contribution < -0.4 is 5.43 Å². The number of amides is 1. The maximum atomic E-state index is 12.5. The van der Waals surface area contributed by atoms with Gasteiger partial charge in [0.1, 0.15) is 5.75 Å². The number of carbonyl (C=O) groups excluding carboxylic acids is 1. The Hall–Kier alpha value is -1.92. The minimum atomic E-state index is -0.250. The summed E-state index contributed by atoms with van der Waals surface area (Å²) in [4.78, 5) is 12.5. The summed E-state index contributed by atoms with van der Waals surface area (Å²) in [7, 11) is 0. The van der Waals surface area contributed by atoms with Gasteiger partial charge in [0.2, 0.25) is 5.91 Å². The molecule has 0 heterocycles. The summed E-state index contributed by atoms with van der Waals surface area (Å²) in [6, 6.07) is 6.91. The first-order valence-corrected chi connectivity index (χ1v) is 14.6. The highest BCUT2D eigenvalue weighted by Gasteiger charge is 2.62. The Morgan fingerprint density at radius 2 is 1.81 bits per heavy atom. The van der Waals surface area contributed by atoms with Gasteiger partial charge in [-0.1, -0.05) is 32.9 Å². The molecule has 6 nitrogen and oxygen atoms in total. The number of rotatable bonds is 6. The van der Waals surface area contributed by atoms with Crippen LogP contribution in [0.3, 0.4) is 0 Å². The molecule has 4 aliphatic rings. The molecule has 6 heteroatoms. The summed E-state index contributed by atoms with van der Waals surface area (Å²) in [5.74, 6) is 2.99. The van der Waals surface area contributed by atoms with Crippen molar-refractivity contribution in [2.75, 3.05) is 0 Å². The number of fused-ring (bicyclic) bond motifs is 5. The van der Waals surface area contributed by atoms with E-state index < -0.39 is 0 Å². The standard InChI is InChI=1S/C31H46N2O4/c1-19(8-11-28(37)33-32-18-20-6-4-5-7-26(20)35)23-9-10-24-29-25(13-15-31(23,24)3)30(2)14-12-22(34)16-21(30)17-27(29)36/h4-7,18-19,21-25,27,29,34-36H,8-17H2,1-3H3,(H,33,37)/b32-18-/t19-,21-,22+,23-,24+,25+,27+,29+,30+,31-/m1/s1. The molecule has 10 atom stereocenters. The molecule has 1 aromatic carbocycles. The lowest BCUT2D eigenvalue weighted by Gasteiger charge is -2.62. The van der Waals surface area contributed by atoms with Crippen LogP contribution >= 0.6 is 0 Å². The Labute approximate surface area is 221 Å². The Bertz CT molecular complexity index is 1010. The first-order valence-electron chi connectivity index (χ1n) is 14.6. The maximum absolute atomic E-state index is 12.5. The van der Waals surface area contributed by atoms with Crippen LogP contribution in [0.4, 0.5) is 0 Å². The van der Waals surface area contributed by atoms with Crippen LogP contribution in [0, 0.1) is 46.3 Å². The van der Waals surface area contributed by atoms with Gasteiger partial charge in [0.15, 0.2) is 0 Å². The van der Waals surface area contributed by atoms with Gasteiger partial charge < -0.3 is 15.3 Å². The zero-order chi connectivity index (χ0) is 26.4. The van der Waals surface area contributed by atoms with Gasteiger partial charge in [0, 0.05) is 12.0 Å². The van der Waals surface area contributed by atoms with Crippen LogP contribution in [0.5, 0.6) is 5.75 Å². The van der Waals surface area contributed by atoms with Gasteiger partial charge >= 0.3 is 0 Å². The molecule has 4 saturated carbocycles. The molecule has 0 radical (unpaired) electrons. The van der Waals surface area contributed by atoms with Gasteiger partial charge in [0.05, 0.1) is 18.4 Å². The number of phenolic OH excluding ortho intramolecular Hbond substituents is 1. The van der Waals surface area contributed by atoms with Crippen molar-refractivity contribution in [3.8, 4) is 5.75 Å². The van der Waals surface area contributed by atoms with Crippen molar-refractivity contribution in [3.63, 3.8) is 0 Å². The highest BCUT2D eigenvalue weighted by atomic mass is 16.3. The molecule has 0 spiro atoms. The van der Waals surface area contributed by atoms with Crippen LogP contribution in [-0.2, 0) is 4.79 Å². The zero-order valence-corrected chi connectivity index (χ0v) is 22.8. The lowest BCUT2D eigenvalue weighted by Crippen LogP contribution is -2.58. The highest BCUT2D eigenvalue weighted by molar-refractivity contribution is 5.84. The minimum Gasteiger partial charge on any atom is -0.507 e. The number of benzene rings is 1. The van der Waals surface area contributed by atoms with Crippen LogP contribution in [0.2, 0.25) is 0 Å². The van der Waals surface area contributed by atoms with E-state index in [1.54, 1.807) is 18.2 Å². The van der Waals surface area contributed by atoms with Gasteiger partial charge in [-0.25, -0.2) is 5.43 Å². The van der Waals surface area contributed by atoms with Gasteiger partial charge in [-0.15, -0.1) is 0 Å². The summed E-state index contributed by atoms with van der Waals surface area (Å²) in [5.41, 5.74) is 3.66. The van der Waals surface area contributed by atoms with E-state index in [4.69, 9.17) is 0 Å². The lowest BCUT2D eigenvalue weighted by molar-refractivity contribution is -0.174. The summed E-state index contributed by atoms with van der Waals surface area (Å²) < 4.78 is 0. The second kappa shape index (κ2) is 10.3. The van der Waals surface area contributed by atoms with Gasteiger partial charge in [0.25, 0.3) is 0 Å². The number of hydrazone groups is 1. The number of aliphatic hydroxyl groups excluding tert-OH is 2. The Morgan fingerprint density at radius 3 is 2.59 bits per heavy atom. The molecule has 4 fully saturated rings. The SMILES string of the molecule is C[C@H](CCC(=O)N/N=C\c1ccccc1O)[C@H]1CC[C@H]2[C@@H]3[C@@H](O)C[C@H]4C[C@@H](O)CC[C@]4(C)[C@H]3CC[C@]12C. The predicted molar refractivity (Wildman–Crippen MR) is 145 cm³/mol. The van der Waals surface area contributed by atoms with Gasteiger partial charge in [-0.3, -0.25) is 4.79 Å². The molecule has 0 unspecified atom stereocenters. The average molecular weight is 511 g/mol. The lowest BCUT2D eigenvalue weighted by atomic mass is 9.43. The van der Waals surface area contributed by atoms with E-state index in [1.807, 2.05) is 6.07 Å². The summed E-state index contributed by atoms with van der Waals surface area (Å²) in [5, 5.41) is 35.6. The second-order valence-electron chi connectivity index (χ2n) is 13.3. The molecule has 4 aliphatic carbocycles. The number of nitrogens with one attached hydrogen (secondary N) is 1. The van der Waals surface area contributed by atoms with Crippen molar-refractivity contribution >= 4 is 12.1 Å². The summed E-state index contributed by atoms with van der Waals surface area (Å²) >= 11 is 0. The fourth-order valence-corrected chi connectivity index (χ4v) is 9.56. The second-order valence-corrected chi connectivity index (χ2v) is 13.3. The van der Waals surface area contributed by atoms with E-state index >= 15 is 0 Å². The Kier molecular flexibility index (Phi) is 7.45. The van der Waals surface area contributed by atoms with Crippen LogP contribution in [0.15, 0.2) is 29.4 Å². The molecule has 37 heavy (non-hydrogen) atoms. The van der Waals surface area contributed by atoms with E-state index in [-0.39, 0.29) is 34.7 Å². The number of aliphatic hydroxyl groups is 2. The largest absolute Gasteiger partial charge is 0.507 e. The fraction of sp³-hybridized carbons (Fsp3) is 0.742. The van der Waals surface area contributed by atoms with E-state index in [0.29, 0.717) is 47.5 Å². The normalized spacial score (nSPS) is 42.0. The molecule has 0 aliphatic heterocycles. The van der Waals surface area contributed by atoms with E-state index in [0.717, 1.165) is 32.1 Å². The zero-order valence-electron chi connectivity index (χ0n) is 22.8. The van der Waals surface area contributed by atoms with E-state index in [1.165, 1.54) is 31.9 Å². The Balaban J connectivity index is 1.19. The number of nitrogens with zero attached hydrogens (tertiary/aromatic N) is 1. The fourth-order valence-electron chi connectivity index (χ4n) is 9.56. The summed E-state index contributed by atoms with van der Waals surface area (Å²) in [6.45, 7) is 7.25. The van der Waals surface area contributed by atoms with Crippen molar-refractivity contribution < 1.29 is 20.1 Å². The van der Waals surface area contributed by atoms with Gasteiger partial charge in [-0.2, -0.15) is 5.10 Å². The van der Waals surface area contributed by atoms with Crippen LogP contribution in [0.1, 0.15) is 90.5 Å². The molecule has 1 aromatic rings. The average Bonchev–Trinajstić information content (AvgIpc) is 3.22. The number of para-hydroxylation sites is 1. The topological polar surface area (TPSA) is 102 Å². The molecule has 1 amide bonds. The van der Waals surface area contributed by atoms with Crippen molar-refractivity contribution in [1.82, 2.24) is 5.43 Å². The highest BCUT2D eigenvalue weighted by Crippen LogP contribution is 2.68. The first-order chi connectivity index (χ1) is 17.6. The quantitative estimate of drug-likeness (QED) is 0.310. The molecule has 204 valence electrons. The van der Waals surface area contributed by atoms with Crippen LogP contribution in [0.25, 0.3) is 0 Å². The molecule has 0 saturated heterocycles. The third kappa shape index (κ3) is 4.85. The molecule has 5 rings (SSSR count). The minimum absolute atomic E-state index is 0.0944. The molecular weight excluding hydrogens is 464 g/mol. The molecule has 0 bridgehead atoms. The number of phenols is 1. The van der Waals surface area contributed by atoms with Gasteiger partial charge in [-0.05, 0) is 116 Å². The number of hydrogen-bond acceptors (Lipinski definition) is 5. The Morgan fingerprint density at radius 1 is 1.08 bits per heavy atom. The smallest absolute Gasteiger partial charge is 0.240 e. The van der Waals surface area contributed by atoms with Crippen LogP contribution in [-0.4, -0.2) is 39.6 Å². The number of aromatic hydroxyl groups is 1. The predicted octanol–water partition coefficient (Wildman–Crippen LogP) is 5.25. The third-order valence-electron chi connectivity index (χ3n) is 11.6. The summed E-state index contributed by atoms with van der Waals surface area (Å²) in [6.07, 6.45) is 10.8. The molecular formula is C31H46N2O4.